The summed E-state index contributed by atoms with van der Waals surface area (Å²) in [5.41, 5.74) is 7.82. The van der Waals surface area contributed by atoms with Gasteiger partial charge in [0.25, 0.3) is 0 Å². The fraction of sp³-hybridized carbons (Fsp3) is 0.588. The van der Waals surface area contributed by atoms with Gasteiger partial charge in [-0.1, -0.05) is 77.5 Å². The van der Waals surface area contributed by atoms with Crippen LogP contribution in [0.15, 0.2) is 36.4 Å². The standard InChI is InChI=1S/C34H51NO2/c1-22(2)16-27-12-11-13-32-30(27)14-15-33(35(32)9)31-20-25(7)19-26(8)34(31)37-29(18-24(5)6)21-28(36-10)17-23(3)4/h11-15,19-20,22-24,28-29,33H,16-18,21H2,1-10H3. The minimum absolute atomic E-state index is 0.117. The second-order valence-corrected chi connectivity index (χ2v) is 12.5. The van der Waals surface area contributed by atoms with E-state index in [1.54, 1.807) is 0 Å². The van der Waals surface area contributed by atoms with Crippen molar-refractivity contribution in [3.05, 3.63) is 64.2 Å². The lowest BCUT2D eigenvalue weighted by molar-refractivity contribution is 0.0346. The van der Waals surface area contributed by atoms with Gasteiger partial charge in [-0.3, -0.25) is 0 Å². The van der Waals surface area contributed by atoms with Crippen molar-refractivity contribution in [3.63, 3.8) is 0 Å². The molecule has 1 aliphatic rings. The predicted molar refractivity (Wildman–Crippen MR) is 160 cm³/mol. The molecule has 0 saturated carbocycles. The summed E-state index contributed by atoms with van der Waals surface area (Å²) >= 11 is 0. The number of ether oxygens (including phenoxy) is 2. The summed E-state index contributed by atoms with van der Waals surface area (Å²) < 4.78 is 12.9. The highest BCUT2D eigenvalue weighted by atomic mass is 16.5. The van der Waals surface area contributed by atoms with Gasteiger partial charge in [-0.15, -0.1) is 0 Å². The summed E-state index contributed by atoms with van der Waals surface area (Å²) in [6, 6.07) is 11.5. The Labute approximate surface area is 227 Å². The van der Waals surface area contributed by atoms with Crippen molar-refractivity contribution in [3.8, 4) is 5.75 Å². The summed E-state index contributed by atoms with van der Waals surface area (Å²) in [4.78, 5) is 2.43. The number of nitrogens with zero attached hydrogens (tertiary/aromatic N) is 1. The van der Waals surface area contributed by atoms with Gasteiger partial charge in [0.1, 0.15) is 11.9 Å². The van der Waals surface area contributed by atoms with E-state index in [1.165, 1.54) is 33.5 Å². The fourth-order valence-electron chi connectivity index (χ4n) is 5.86. The molecule has 0 bridgehead atoms. The van der Waals surface area contributed by atoms with Crippen LogP contribution in [-0.4, -0.2) is 26.4 Å². The predicted octanol–water partition coefficient (Wildman–Crippen LogP) is 8.95. The molecular formula is C34H51NO2. The molecule has 0 spiro atoms. The van der Waals surface area contributed by atoms with Gasteiger partial charge in [-0.2, -0.15) is 0 Å². The van der Waals surface area contributed by atoms with Gasteiger partial charge in [0.05, 0.1) is 12.1 Å². The molecular weight excluding hydrogens is 454 g/mol. The van der Waals surface area contributed by atoms with E-state index in [0.717, 1.165) is 31.4 Å². The Hall–Kier alpha value is -2.26. The number of rotatable bonds is 12. The van der Waals surface area contributed by atoms with Crippen LogP contribution in [0.1, 0.15) is 94.7 Å². The SMILES string of the molecule is COC(CC(C)C)CC(CC(C)C)Oc1c(C)cc(C)cc1C1C=Cc2c(CC(C)C)cccc2N1C. The Bertz CT molecular complexity index is 1050. The first kappa shape index (κ1) is 29.3. The molecule has 1 heterocycles. The minimum atomic E-state index is 0.117. The van der Waals surface area contributed by atoms with Crippen LogP contribution in [0.5, 0.6) is 5.75 Å². The monoisotopic (exact) mass is 505 g/mol. The highest BCUT2D eigenvalue weighted by molar-refractivity contribution is 5.75. The number of aryl methyl sites for hydroxylation is 2. The number of anilines is 1. The Kier molecular flexibility index (Phi) is 10.3. The molecule has 0 saturated heterocycles. The molecule has 3 rings (SSSR count). The van der Waals surface area contributed by atoms with E-state index in [9.17, 15) is 0 Å². The largest absolute Gasteiger partial charge is 0.490 e. The third-order valence-corrected chi connectivity index (χ3v) is 7.42. The van der Waals surface area contributed by atoms with E-state index in [4.69, 9.17) is 9.47 Å². The molecule has 0 fully saturated rings. The first-order valence-corrected chi connectivity index (χ1v) is 14.3. The Morgan fingerprint density at radius 2 is 1.54 bits per heavy atom. The van der Waals surface area contributed by atoms with Crippen molar-refractivity contribution < 1.29 is 9.47 Å². The van der Waals surface area contributed by atoms with Crippen molar-refractivity contribution in [2.24, 2.45) is 17.8 Å². The van der Waals surface area contributed by atoms with Crippen LogP contribution in [0.3, 0.4) is 0 Å². The number of methoxy groups -OCH3 is 1. The Balaban J connectivity index is 1.98. The quantitative estimate of drug-likeness (QED) is 0.287. The lowest BCUT2D eigenvalue weighted by Gasteiger charge is -2.36. The van der Waals surface area contributed by atoms with E-state index in [2.05, 4.69) is 110 Å². The van der Waals surface area contributed by atoms with Crippen LogP contribution in [0, 0.1) is 31.6 Å². The highest BCUT2D eigenvalue weighted by Crippen LogP contribution is 2.42. The zero-order valence-electron chi connectivity index (χ0n) is 25.1. The molecule has 0 amide bonds. The van der Waals surface area contributed by atoms with E-state index >= 15 is 0 Å². The molecule has 204 valence electrons. The zero-order chi connectivity index (χ0) is 27.3. The molecule has 0 aromatic heterocycles. The van der Waals surface area contributed by atoms with Crippen molar-refractivity contribution in [1.82, 2.24) is 0 Å². The molecule has 37 heavy (non-hydrogen) atoms. The summed E-state index contributed by atoms with van der Waals surface area (Å²) in [5, 5.41) is 0. The van der Waals surface area contributed by atoms with Crippen LogP contribution < -0.4 is 9.64 Å². The van der Waals surface area contributed by atoms with Crippen LogP contribution in [0.2, 0.25) is 0 Å². The van der Waals surface area contributed by atoms with E-state index in [0.29, 0.717) is 17.8 Å². The van der Waals surface area contributed by atoms with Crippen LogP contribution in [-0.2, 0) is 11.2 Å². The molecule has 0 aliphatic carbocycles. The van der Waals surface area contributed by atoms with Crippen molar-refractivity contribution in [2.45, 2.75) is 99.3 Å². The average Bonchev–Trinajstić information content (AvgIpc) is 2.80. The topological polar surface area (TPSA) is 21.7 Å². The first-order chi connectivity index (χ1) is 17.5. The Morgan fingerprint density at radius 1 is 0.865 bits per heavy atom. The number of likely N-dealkylation sites (N-methyl/N-ethyl adjacent to an activating group) is 1. The van der Waals surface area contributed by atoms with Gasteiger partial charge in [0.2, 0.25) is 0 Å². The highest BCUT2D eigenvalue weighted by Gasteiger charge is 2.28. The van der Waals surface area contributed by atoms with Gasteiger partial charge in [0, 0.05) is 37.4 Å². The minimum Gasteiger partial charge on any atom is -0.490 e. The lowest BCUT2D eigenvalue weighted by Crippen LogP contribution is -2.30. The first-order valence-electron chi connectivity index (χ1n) is 14.3. The molecule has 1 aliphatic heterocycles. The van der Waals surface area contributed by atoms with E-state index < -0.39 is 0 Å². The maximum Gasteiger partial charge on any atom is 0.128 e. The normalized spacial score (nSPS) is 17.0. The summed E-state index contributed by atoms with van der Waals surface area (Å²) in [5.74, 6) is 2.83. The summed E-state index contributed by atoms with van der Waals surface area (Å²) in [7, 11) is 4.07. The van der Waals surface area contributed by atoms with Gasteiger partial charge >= 0.3 is 0 Å². The van der Waals surface area contributed by atoms with E-state index in [-0.39, 0.29) is 18.2 Å². The van der Waals surface area contributed by atoms with Crippen LogP contribution >= 0.6 is 0 Å². The van der Waals surface area contributed by atoms with Crippen molar-refractivity contribution in [1.29, 1.82) is 0 Å². The third-order valence-electron chi connectivity index (χ3n) is 7.42. The zero-order valence-corrected chi connectivity index (χ0v) is 25.1. The van der Waals surface area contributed by atoms with Gasteiger partial charge in [-0.05, 0) is 74.1 Å². The number of benzene rings is 2. The number of hydrogen-bond acceptors (Lipinski definition) is 3. The molecule has 3 unspecified atom stereocenters. The molecule has 3 atom stereocenters. The maximum atomic E-state index is 6.98. The molecule has 0 radical (unpaired) electrons. The maximum absolute atomic E-state index is 6.98. The summed E-state index contributed by atoms with van der Waals surface area (Å²) in [6.07, 6.45) is 9.11. The molecule has 3 nitrogen and oxygen atoms in total. The second kappa shape index (κ2) is 13.0. The molecule has 2 aromatic rings. The van der Waals surface area contributed by atoms with Crippen molar-refractivity contribution >= 4 is 11.8 Å². The fourth-order valence-corrected chi connectivity index (χ4v) is 5.86. The van der Waals surface area contributed by atoms with Crippen LogP contribution in [0.25, 0.3) is 6.08 Å². The molecule has 2 aromatic carbocycles. The van der Waals surface area contributed by atoms with Gasteiger partial charge < -0.3 is 14.4 Å². The van der Waals surface area contributed by atoms with Crippen molar-refractivity contribution in [2.75, 3.05) is 19.1 Å². The lowest BCUT2D eigenvalue weighted by atomic mass is 9.90. The average molecular weight is 506 g/mol. The second-order valence-electron chi connectivity index (χ2n) is 12.5. The number of hydrogen-bond donors (Lipinski definition) is 0. The Morgan fingerprint density at radius 3 is 2.16 bits per heavy atom. The molecule has 3 heteroatoms. The molecule has 0 N–H and O–H groups in total. The number of fused-ring (bicyclic) bond motifs is 1. The third kappa shape index (κ3) is 7.63. The van der Waals surface area contributed by atoms with E-state index in [1.807, 2.05) is 7.11 Å². The van der Waals surface area contributed by atoms with Gasteiger partial charge in [0.15, 0.2) is 0 Å². The van der Waals surface area contributed by atoms with Crippen LogP contribution in [0.4, 0.5) is 5.69 Å². The smallest absolute Gasteiger partial charge is 0.128 e. The summed E-state index contributed by atoms with van der Waals surface area (Å²) in [6.45, 7) is 18.1. The van der Waals surface area contributed by atoms with Gasteiger partial charge in [-0.25, -0.2) is 0 Å².